The van der Waals surface area contributed by atoms with E-state index in [1.807, 2.05) is 25.7 Å². The van der Waals surface area contributed by atoms with Crippen molar-refractivity contribution in [3.63, 3.8) is 0 Å². The Hall–Kier alpha value is -4.22. The second-order valence-electron chi connectivity index (χ2n) is 9.93. The summed E-state index contributed by atoms with van der Waals surface area (Å²) in [6.07, 6.45) is 4.62. The third-order valence-corrected chi connectivity index (χ3v) is 6.01. The van der Waals surface area contributed by atoms with Crippen molar-refractivity contribution in [3.05, 3.63) is 52.7 Å². The van der Waals surface area contributed by atoms with Gasteiger partial charge in [-0.05, 0) is 33.8 Å². The van der Waals surface area contributed by atoms with Gasteiger partial charge in [0.15, 0.2) is 28.7 Å². The fourth-order valence-electron chi connectivity index (χ4n) is 4.30. The molecule has 194 valence electrons. The van der Waals surface area contributed by atoms with Crippen molar-refractivity contribution in [1.82, 2.24) is 28.7 Å². The third-order valence-electron chi connectivity index (χ3n) is 6.01. The number of pyridine rings is 2. The summed E-state index contributed by atoms with van der Waals surface area (Å²) < 4.78 is 28.5. The van der Waals surface area contributed by atoms with E-state index in [0.29, 0.717) is 43.2 Å². The Morgan fingerprint density at radius 3 is 2.41 bits per heavy atom. The maximum atomic E-state index is 14.6. The number of anilines is 1. The number of aryl methyl sites for hydroxylation is 1. The number of halogens is 1. The van der Waals surface area contributed by atoms with Gasteiger partial charge in [0.05, 0.1) is 18.5 Å². The molecule has 0 bridgehead atoms. The van der Waals surface area contributed by atoms with E-state index in [4.69, 9.17) is 9.47 Å². The van der Waals surface area contributed by atoms with Gasteiger partial charge in [0.1, 0.15) is 5.60 Å². The monoisotopic (exact) mass is 509 g/mol. The molecule has 0 unspecified atom stereocenters. The van der Waals surface area contributed by atoms with Gasteiger partial charge in [-0.3, -0.25) is 0 Å². The lowest BCUT2D eigenvalue weighted by Gasteiger charge is -2.36. The Balaban J connectivity index is 1.46. The Bertz CT molecular complexity index is 1570. The molecule has 4 aromatic heterocycles. The molecule has 1 fully saturated rings. The summed E-state index contributed by atoms with van der Waals surface area (Å²) in [5.74, 6) is -0.0933. The standard InChI is InChI=1S/C25H28FN7O4/c1-15-12-32-13-16(10-18(26)21(32)27-15)20-28-22-19(36-5)11-17(14-33(22)23(34)29-20)30-6-8-31(9-7-30)24(35)37-25(2,3)4/h10-14H,6-9H2,1-5H3. The van der Waals surface area contributed by atoms with E-state index in [2.05, 4.69) is 15.0 Å². The molecule has 0 aliphatic carbocycles. The van der Waals surface area contributed by atoms with Crippen molar-refractivity contribution < 1.29 is 18.7 Å². The summed E-state index contributed by atoms with van der Waals surface area (Å²) in [6.45, 7) is 9.31. The Morgan fingerprint density at radius 2 is 1.73 bits per heavy atom. The van der Waals surface area contributed by atoms with Crippen LogP contribution in [0.1, 0.15) is 26.5 Å². The van der Waals surface area contributed by atoms with Crippen molar-refractivity contribution in [2.75, 3.05) is 38.2 Å². The molecule has 1 aliphatic heterocycles. The minimum atomic E-state index is -0.574. The van der Waals surface area contributed by atoms with E-state index >= 15 is 0 Å². The van der Waals surface area contributed by atoms with E-state index in [1.54, 1.807) is 40.9 Å². The second-order valence-corrected chi connectivity index (χ2v) is 9.93. The lowest BCUT2D eigenvalue weighted by molar-refractivity contribution is 0.0240. The number of hydrogen-bond donors (Lipinski definition) is 0. The van der Waals surface area contributed by atoms with E-state index < -0.39 is 17.1 Å². The van der Waals surface area contributed by atoms with Gasteiger partial charge < -0.3 is 23.7 Å². The smallest absolute Gasteiger partial charge is 0.410 e. The van der Waals surface area contributed by atoms with E-state index in [-0.39, 0.29) is 23.2 Å². The summed E-state index contributed by atoms with van der Waals surface area (Å²) in [6, 6.07) is 3.05. The predicted molar refractivity (Wildman–Crippen MR) is 135 cm³/mol. The minimum Gasteiger partial charge on any atom is -0.493 e. The highest BCUT2D eigenvalue weighted by Crippen LogP contribution is 2.27. The fraction of sp³-hybridized carbons (Fsp3) is 0.400. The molecular formula is C25H28FN7O4. The lowest BCUT2D eigenvalue weighted by atomic mass is 10.2. The molecule has 1 aliphatic rings. The third kappa shape index (κ3) is 4.78. The summed E-state index contributed by atoms with van der Waals surface area (Å²) >= 11 is 0. The zero-order valence-electron chi connectivity index (χ0n) is 21.4. The molecule has 4 aromatic rings. The van der Waals surface area contributed by atoms with Crippen LogP contribution in [0.25, 0.3) is 22.7 Å². The van der Waals surface area contributed by atoms with E-state index in [0.717, 1.165) is 5.69 Å². The molecule has 5 rings (SSSR count). The van der Waals surface area contributed by atoms with E-state index in [9.17, 15) is 14.0 Å². The highest BCUT2D eigenvalue weighted by Gasteiger charge is 2.27. The van der Waals surface area contributed by atoms with Crippen LogP contribution in [-0.2, 0) is 4.74 Å². The molecule has 37 heavy (non-hydrogen) atoms. The average molecular weight is 510 g/mol. The van der Waals surface area contributed by atoms with Crippen LogP contribution >= 0.6 is 0 Å². The molecule has 12 heteroatoms. The molecule has 0 saturated carbocycles. The molecule has 0 atom stereocenters. The maximum absolute atomic E-state index is 14.6. The van der Waals surface area contributed by atoms with Gasteiger partial charge in [0.25, 0.3) is 0 Å². The van der Waals surface area contributed by atoms with Crippen LogP contribution in [0.15, 0.2) is 35.5 Å². The van der Waals surface area contributed by atoms with Crippen molar-refractivity contribution >= 4 is 23.1 Å². The maximum Gasteiger partial charge on any atom is 0.410 e. The number of amides is 1. The van der Waals surface area contributed by atoms with Crippen LogP contribution in [0.3, 0.4) is 0 Å². The number of piperazine rings is 1. The van der Waals surface area contributed by atoms with Gasteiger partial charge in [-0.1, -0.05) is 0 Å². The molecule has 11 nitrogen and oxygen atoms in total. The van der Waals surface area contributed by atoms with Crippen LogP contribution in [0.5, 0.6) is 5.75 Å². The largest absolute Gasteiger partial charge is 0.493 e. The zero-order chi connectivity index (χ0) is 26.5. The fourth-order valence-corrected chi connectivity index (χ4v) is 4.30. The molecule has 0 N–H and O–H groups in total. The van der Waals surface area contributed by atoms with Gasteiger partial charge in [-0.2, -0.15) is 4.98 Å². The second kappa shape index (κ2) is 9.02. The first-order valence-electron chi connectivity index (χ1n) is 11.9. The minimum absolute atomic E-state index is 0.0779. The molecule has 0 aromatic carbocycles. The van der Waals surface area contributed by atoms with Crippen molar-refractivity contribution in [2.24, 2.45) is 0 Å². The quantitative estimate of drug-likeness (QED) is 0.415. The van der Waals surface area contributed by atoms with Crippen molar-refractivity contribution in [2.45, 2.75) is 33.3 Å². The number of carbonyl (C=O) groups excluding carboxylic acids is 1. The molecule has 0 radical (unpaired) electrons. The first-order chi connectivity index (χ1) is 17.5. The summed E-state index contributed by atoms with van der Waals surface area (Å²) in [4.78, 5) is 42.0. The van der Waals surface area contributed by atoms with Gasteiger partial charge >= 0.3 is 11.8 Å². The normalized spacial score (nSPS) is 14.4. The first kappa shape index (κ1) is 24.5. The molecular weight excluding hydrogens is 481 g/mol. The van der Waals surface area contributed by atoms with Gasteiger partial charge in [0, 0.05) is 56.4 Å². The highest BCUT2D eigenvalue weighted by molar-refractivity contribution is 5.69. The van der Waals surface area contributed by atoms with Gasteiger partial charge in [-0.15, -0.1) is 0 Å². The first-order valence-corrected chi connectivity index (χ1v) is 11.9. The number of aromatic nitrogens is 5. The van der Waals surface area contributed by atoms with Crippen LogP contribution in [-0.4, -0.2) is 73.6 Å². The number of rotatable bonds is 3. The SMILES string of the molecule is COc1cc(N2CCN(C(=O)OC(C)(C)C)CC2)cn2c(=O)nc(-c3cc(F)c4nc(C)cn4c3)nc12. The van der Waals surface area contributed by atoms with Gasteiger partial charge in [-0.25, -0.2) is 28.3 Å². The number of methoxy groups -OCH3 is 1. The highest BCUT2D eigenvalue weighted by atomic mass is 19.1. The lowest BCUT2D eigenvalue weighted by Crippen LogP contribution is -2.50. The number of imidazole rings is 1. The number of ether oxygens (including phenoxy) is 2. The Morgan fingerprint density at radius 1 is 1.00 bits per heavy atom. The zero-order valence-corrected chi connectivity index (χ0v) is 21.4. The van der Waals surface area contributed by atoms with Crippen molar-refractivity contribution in [3.8, 4) is 17.1 Å². The summed E-state index contributed by atoms with van der Waals surface area (Å²) in [7, 11) is 1.49. The predicted octanol–water partition coefficient (Wildman–Crippen LogP) is 2.92. The number of carbonyl (C=O) groups is 1. The summed E-state index contributed by atoms with van der Waals surface area (Å²) in [5.41, 5.74) is 1.05. The Labute approximate surface area is 212 Å². The molecule has 1 saturated heterocycles. The molecule has 5 heterocycles. The number of nitrogens with zero attached hydrogens (tertiary/aromatic N) is 7. The van der Waals surface area contributed by atoms with Crippen LogP contribution in [0.2, 0.25) is 0 Å². The van der Waals surface area contributed by atoms with E-state index in [1.165, 1.54) is 17.6 Å². The van der Waals surface area contributed by atoms with Gasteiger partial charge in [0.2, 0.25) is 0 Å². The molecule has 1 amide bonds. The number of fused-ring (bicyclic) bond motifs is 2. The van der Waals surface area contributed by atoms with Crippen molar-refractivity contribution in [1.29, 1.82) is 0 Å². The average Bonchev–Trinajstić information content (AvgIpc) is 3.23. The van der Waals surface area contributed by atoms with Crippen LogP contribution < -0.4 is 15.3 Å². The summed E-state index contributed by atoms with van der Waals surface area (Å²) in [5, 5.41) is 0. The molecule has 0 spiro atoms. The van der Waals surface area contributed by atoms with Crippen LogP contribution in [0.4, 0.5) is 14.9 Å². The topological polar surface area (TPSA) is 107 Å². The number of hydrogen-bond acceptors (Lipinski definition) is 8. The van der Waals surface area contributed by atoms with Crippen LogP contribution in [0, 0.1) is 12.7 Å². The Kier molecular flexibility index (Phi) is 5.97.